The molecule has 2 aromatic heterocycles. The van der Waals surface area contributed by atoms with Crippen molar-refractivity contribution in [1.82, 2.24) is 15.3 Å². The number of nitrogens with zero attached hydrogens (tertiary/aromatic N) is 2. The third kappa shape index (κ3) is 5.38. The lowest BCUT2D eigenvalue weighted by molar-refractivity contribution is 0.0951. The Morgan fingerprint density at radius 3 is 2.41 bits per heavy atom. The molecule has 2 heterocycles. The first-order valence-electron chi connectivity index (χ1n) is 10.6. The number of oxazole rings is 1. The third-order valence-electron chi connectivity index (χ3n) is 5.31. The molecule has 8 nitrogen and oxygen atoms in total. The average Bonchev–Trinajstić information content (AvgIpc) is 3.22. The zero-order chi connectivity index (χ0) is 24.1. The topological polar surface area (TPSA) is 128 Å². The van der Waals surface area contributed by atoms with Crippen molar-refractivity contribution >= 4 is 15.7 Å². The maximum absolute atomic E-state index is 12.8. The van der Waals surface area contributed by atoms with Gasteiger partial charge in [0.25, 0.3) is 5.91 Å². The Morgan fingerprint density at radius 2 is 1.76 bits per heavy atom. The summed E-state index contributed by atoms with van der Waals surface area (Å²) in [7, 11) is -3.60. The van der Waals surface area contributed by atoms with E-state index in [4.69, 9.17) is 10.2 Å². The van der Waals surface area contributed by atoms with Crippen LogP contribution < -0.4 is 11.1 Å². The van der Waals surface area contributed by atoms with Crippen molar-refractivity contribution in [2.75, 3.05) is 0 Å². The molecule has 0 atom stereocenters. The highest BCUT2D eigenvalue weighted by Gasteiger charge is 2.21. The highest BCUT2D eigenvalue weighted by Crippen LogP contribution is 2.25. The molecule has 0 fully saturated rings. The minimum atomic E-state index is -3.60. The van der Waals surface area contributed by atoms with Gasteiger partial charge in [-0.3, -0.25) is 9.78 Å². The number of hydrogen-bond donors (Lipinski definition) is 2. The smallest absolute Gasteiger partial charge is 0.251 e. The molecule has 0 bridgehead atoms. The molecule has 0 aliphatic heterocycles. The summed E-state index contributed by atoms with van der Waals surface area (Å²) in [5.74, 6) is 0.226. The van der Waals surface area contributed by atoms with Gasteiger partial charge in [-0.2, -0.15) is 0 Å². The fourth-order valence-electron chi connectivity index (χ4n) is 3.33. The quantitative estimate of drug-likeness (QED) is 0.399. The van der Waals surface area contributed by atoms with E-state index in [1.807, 2.05) is 12.1 Å². The van der Waals surface area contributed by atoms with Crippen LogP contribution in [0.25, 0.3) is 11.5 Å². The van der Waals surface area contributed by atoms with E-state index in [9.17, 15) is 13.2 Å². The standard InChI is InChI=1S/C25H24N4O4S/c1-17-23(16-34(31,32)22-10-4-18(13-26)5-11-22)29-25(33-17)21-8-6-20(7-9-21)24(30)28-15-19-3-2-12-27-14-19/h2-12,14H,13,15-16,26H2,1H3,(H,28,30). The number of aryl methyl sites for hydroxylation is 1. The number of pyridine rings is 1. The molecule has 3 N–H and O–H groups in total. The number of aromatic nitrogens is 2. The van der Waals surface area contributed by atoms with Gasteiger partial charge in [-0.15, -0.1) is 0 Å². The van der Waals surface area contributed by atoms with Crippen molar-refractivity contribution in [3.8, 4) is 11.5 Å². The summed E-state index contributed by atoms with van der Waals surface area (Å²) in [6.07, 6.45) is 3.37. The summed E-state index contributed by atoms with van der Waals surface area (Å²) in [5.41, 5.74) is 8.81. The molecule has 34 heavy (non-hydrogen) atoms. The molecule has 4 aromatic rings. The summed E-state index contributed by atoms with van der Waals surface area (Å²) in [6.45, 7) is 2.40. The second-order valence-corrected chi connectivity index (χ2v) is 9.74. The Bertz CT molecular complexity index is 1380. The largest absolute Gasteiger partial charge is 0.441 e. The Labute approximate surface area is 197 Å². The SMILES string of the molecule is Cc1oc(-c2ccc(C(=O)NCc3cccnc3)cc2)nc1CS(=O)(=O)c1ccc(CN)cc1. The zero-order valence-electron chi connectivity index (χ0n) is 18.6. The van der Waals surface area contributed by atoms with Gasteiger partial charge < -0.3 is 15.5 Å². The molecular weight excluding hydrogens is 452 g/mol. The van der Waals surface area contributed by atoms with Gasteiger partial charge in [-0.25, -0.2) is 13.4 Å². The Hall–Kier alpha value is -3.82. The highest BCUT2D eigenvalue weighted by molar-refractivity contribution is 7.90. The predicted octanol–water partition coefficient (Wildman–Crippen LogP) is 3.41. The van der Waals surface area contributed by atoms with Crippen molar-refractivity contribution in [2.45, 2.75) is 30.7 Å². The minimum Gasteiger partial charge on any atom is -0.441 e. The van der Waals surface area contributed by atoms with E-state index in [1.165, 1.54) is 0 Å². The van der Waals surface area contributed by atoms with Crippen LogP contribution in [0.4, 0.5) is 0 Å². The first-order chi connectivity index (χ1) is 16.4. The summed E-state index contributed by atoms with van der Waals surface area (Å²) in [5, 5.41) is 2.84. The number of amides is 1. The van der Waals surface area contributed by atoms with Crippen molar-refractivity contribution in [2.24, 2.45) is 5.73 Å². The lowest BCUT2D eigenvalue weighted by Gasteiger charge is -2.05. The first-order valence-corrected chi connectivity index (χ1v) is 12.3. The average molecular weight is 477 g/mol. The molecule has 0 saturated carbocycles. The van der Waals surface area contributed by atoms with Gasteiger partial charge in [0.15, 0.2) is 9.84 Å². The number of rotatable bonds is 8. The molecule has 1 amide bonds. The third-order valence-corrected chi connectivity index (χ3v) is 6.95. The van der Waals surface area contributed by atoms with E-state index in [1.54, 1.807) is 67.8 Å². The van der Waals surface area contributed by atoms with Gasteiger partial charge in [0.1, 0.15) is 11.5 Å². The van der Waals surface area contributed by atoms with Crippen LogP contribution in [0, 0.1) is 6.92 Å². The Morgan fingerprint density at radius 1 is 1.03 bits per heavy atom. The molecule has 0 aliphatic carbocycles. The van der Waals surface area contributed by atoms with Crippen LogP contribution in [0.3, 0.4) is 0 Å². The predicted molar refractivity (Wildman–Crippen MR) is 127 cm³/mol. The van der Waals surface area contributed by atoms with Gasteiger partial charge in [0.2, 0.25) is 5.89 Å². The second kappa shape index (κ2) is 9.98. The summed E-state index contributed by atoms with van der Waals surface area (Å²) < 4.78 is 31.4. The van der Waals surface area contributed by atoms with Crippen molar-refractivity contribution < 1.29 is 17.6 Å². The van der Waals surface area contributed by atoms with Crippen LogP contribution in [0.15, 0.2) is 82.4 Å². The number of carbonyl (C=O) groups is 1. The molecule has 174 valence electrons. The molecule has 2 aromatic carbocycles. The lowest BCUT2D eigenvalue weighted by atomic mass is 10.1. The lowest BCUT2D eigenvalue weighted by Crippen LogP contribution is -2.22. The van der Waals surface area contributed by atoms with Gasteiger partial charge in [-0.05, 0) is 60.5 Å². The maximum Gasteiger partial charge on any atom is 0.251 e. The van der Waals surface area contributed by atoms with E-state index in [0.717, 1.165) is 11.1 Å². The number of nitrogens with one attached hydrogen (secondary N) is 1. The van der Waals surface area contributed by atoms with Gasteiger partial charge >= 0.3 is 0 Å². The van der Waals surface area contributed by atoms with Crippen LogP contribution in [0.1, 0.15) is 32.9 Å². The molecule has 9 heteroatoms. The van der Waals surface area contributed by atoms with E-state index < -0.39 is 9.84 Å². The number of benzene rings is 2. The van der Waals surface area contributed by atoms with Crippen LogP contribution in [-0.2, 0) is 28.7 Å². The molecule has 4 rings (SSSR count). The summed E-state index contributed by atoms with van der Waals surface area (Å²) in [4.78, 5) is 21.0. The van der Waals surface area contributed by atoms with E-state index >= 15 is 0 Å². The van der Waals surface area contributed by atoms with Crippen LogP contribution in [-0.4, -0.2) is 24.3 Å². The monoisotopic (exact) mass is 476 g/mol. The Kier molecular flexibility index (Phi) is 6.85. The molecule has 0 radical (unpaired) electrons. The van der Waals surface area contributed by atoms with E-state index in [0.29, 0.717) is 41.6 Å². The van der Waals surface area contributed by atoms with E-state index in [-0.39, 0.29) is 16.6 Å². The van der Waals surface area contributed by atoms with Gasteiger partial charge in [-0.1, -0.05) is 18.2 Å². The molecule has 0 spiro atoms. The maximum atomic E-state index is 12.8. The minimum absolute atomic E-state index is 0.204. The number of carbonyl (C=O) groups excluding carboxylic acids is 1. The fraction of sp³-hybridized carbons (Fsp3) is 0.160. The van der Waals surface area contributed by atoms with Crippen molar-refractivity contribution in [1.29, 1.82) is 0 Å². The van der Waals surface area contributed by atoms with Gasteiger partial charge in [0, 0.05) is 36.6 Å². The normalized spacial score (nSPS) is 11.4. The number of sulfone groups is 1. The van der Waals surface area contributed by atoms with Crippen LogP contribution in [0.5, 0.6) is 0 Å². The number of nitrogens with two attached hydrogens (primary N) is 1. The second-order valence-electron chi connectivity index (χ2n) is 7.75. The molecular formula is C25H24N4O4S. The molecule has 0 aliphatic rings. The molecule has 0 saturated heterocycles. The van der Waals surface area contributed by atoms with Crippen LogP contribution >= 0.6 is 0 Å². The summed E-state index contributed by atoms with van der Waals surface area (Å²) >= 11 is 0. The van der Waals surface area contributed by atoms with Crippen LogP contribution in [0.2, 0.25) is 0 Å². The number of hydrogen-bond acceptors (Lipinski definition) is 7. The highest BCUT2D eigenvalue weighted by atomic mass is 32.2. The van der Waals surface area contributed by atoms with Crippen molar-refractivity contribution in [3.63, 3.8) is 0 Å². The van der Waals surface area contributed by atoms with Crippen molar-refractivity contribution in [3.05, 3.63) is 101 Å². The van der Waals surface area contributed by atoms with E-state index in [2.05, 4.69) is 15.3 Å². The molecule has 0 unspecified atom stereocenters. The summed E-state index contributed by atoms with van der Waals surface area (Å²) in [6, 6.07) is 17.0. The Balaban J connectivity index is 1.45. The zero-order valence-corrected chi connectivity index (χ0v) is 19.4. The van der Waals surface area contributed by atoms with Gasteiger partial charge in [0.05, 0.1) is 10.6 Å². The fourth-order valence-corrected chi connectivity index (χ4v) is 4.68. The first kappa shape index (κ1) is 23.3.